The van der Waals surface area contributed by atoms with E-state index in [1.54, 1.807) is 0 Å². The Bertz CT molecular complexity index is 157. The van der Waals surface area contributed by atoms with E-state index < -0.39 is 6.17 Å². The first kappa shape index (κ1) is 8.45. The zero-order valence-electron chi connectivity index (χ0n) is 7.59. The van der Waals surface area contributed by atoms with Crippen LogP contribution < -0.4 is 5.32 Å². The zero-order chi connectivity index (χ0) is 8.55. The van der Waals surface area contributed by atoms with Gasteiger partial charge in [-0.2, -0.15) is 0 Å². The van der Waals surface area contributed by atoms with E-state index in [-0.39, 0.29) is 0 Å². The van der Waals surface area contributed by atoms with Gasteiger partial charge in [0, 0.05) is 18.6 Å². The molecule has 3 heteroatoms. The minimum atomic E-state index is -0.526. The summed E-state index contributed by atoms with van der Waals surface area (Å²) in [5.74, 6) is 0. The molecule has 0 bridgehead atoms. The molecule has 2 nitrogen and oxygen atoms in total. The Labute approximate surface area is 73.1 Å². The van der Waals surface area contributed by atoms with Crippen LogP contribution in [0.4, 0.5) is 4.39 Å². The summed E-state index contributed by atoms with van der Waals surface area (Å²) in [5.41, 5.74) is 0. The van der Waals surface area contributed by atoms with Crippen LogP contribution in [0.3, 0.4) is 0 Å². The Morgan fingerprint density at radius 3 is 2.58 bits per heavy atom. The first-order valence-electron chi connectivity index (χ1n) is 4.82. The third kappa shape index (κ3) is 1.77. The summed E-state index contributed by atoms with van der Waals surface area (Å²) in [4.78, 5) is 2.32. The second-order valence-corrected chi connectivity index (χ2v) is 4.18. The van der Waals surface area contributed by atoms with Crippen molar-refractivity contribution in [1.29, 1.82) is 0 Å². The molecule has 1 saturated carbocycles. The lowest BCUT2D eigenvalue weighted by atomic mass is 9.90. The van der Waals surface area contributed by atoms with Gasteiger partial charge in [0.25, 0.3) is 0 Å². The molecule has 1 aliphatic heterocycles. The average molecular weight is 172 g/mol. The fraction of sp³-hybridized carbons (Fsp3) is 1.00. The molecule has 0 spiro atoms. The van der Waals surface area contributed by atoms with Crippen molar-refractivity contribution in [2.45, 2.75) is 37.5 Å². The van der Waals surface area contributed by atoms with Crippen molar-refractivity contribution in [3.8, 4) is 0 Å². The summed E-state index contributed by atoms with van der Waals surface area (Å²) < 4.78 is 12.5. The van der Waals surface area contributed by atoms with E-state index in [1.165, 1.54) is 13.0 Å². The summed E-state index contributed by atoms with van der Waals surface area (Å²) in [6.45, 7) is 2.32. The van der Waals surface area contributed by atoms with Crippen LogP contribution in [0.5, 0.6) is 0 Å². The van der Waals surface area contributed by atoms with Gasteiger partial charge < -0.3 is 10.2 Å². The highest BCUT2D eigenvalue weighted by Gasteiger charge is 2.31. The molecule has 70 valence electrons. The highest BCUT2D eigenvalue weighted by Crippen LogP contribution is 2.24. The zero-order valence-corrected chi connectivity index (χ0v) is 7.59. The standard InChI is InChI=1S/C9H17FN2/c1-12-3-2-8(6-12)11-9-4-7(10)5-9/h7-9,11H,2-6H2,1H3/t7-,8-,9-/m0/s1. The fourth-order valence-electron chi connectivity index (χ4n) is 2.09. The van der Waals surface area contributed by atoms with Crippen LogP contribution in [-0.2, 0) is 0 Å². The van der Waals surface area contributed by atoms with Gasteiger partial charge in [0.2, 0.25) is 0 Å². The van der Waals surface area contributed by atoms with Gasteiger partial charge in [-0.25, -0.2) is 4.39 Å². The summed E-state index contributed by atoms with van der Waals surface area (Å²) in [6.07, 6.45) is 2.17. The lowest BCUT2D eigenvalue weighted by Gasteiger charge is -2.32. The Hall–Kier alpha value is -0.150. The smallest absolute Gasteiger partial charge is 0.103 e. The minimum Gasteiger partial charge on any atom is -0.310 e. The van der Waals surface area contributed by atoms with Crippen molar-refractivity contribution in [2.24, 2.45) is 0 Å². The second kappa shape index (κ2) is 3.30. The second-order valence-electron chi connectivity index (χ2n) is 4.18. The Balaban J connectivity index is 1.67. The molecule has 1 aliphatic carbocycles. The number of hydrogen-bond donors (Lipinski definition) is 1. The first-order valence-corrected chi connectivity index (χ1v) is 4.82. The van der Waals surface area contributed by atoms with Gasteiger partial charge in [0.15, 0.2) is 0 Å². The Morgan fingerprint density at radius 1 is 1.33 bits per heavy atom. The van der Waals surface area contributed by atoms with Crippen LogP contribution in [0, 0.1) is 0 Å². The summed E-state index contributed by atoms with van der Waals surface area (Å²) in [6, 6.07) is 1.09. The molecule has 12 heavy (non-hydrogen) atoms. The molecule has 1 atom stereocenters. The van der Waals surface area contributed by atoms with Crippen molar-refractivity contribution >= 4 is 0 Å². The number of likely N-dealkylation sites (N-methyl/N-ethyl adjacent to an activating group) is 1. The number of nitrogens with one attached hydrogen (secondary N) is 1. The fourth-order valence-corrected chi connectivity index (χ4v) is 2.09. The summed E-state index contributed by atoms with van der Waals surface area (Å²) in [7, 11) is 2.14. The molecule has 0 aromatic carbocycles. The maximum absolute atomic E-state index is 12.5. The van der Waals surface area contributed by atoms with E-state index >= 15 is 0 Å². The molecule has 0 unspecified atom stereocenters. The molecule has 1 N–H and O–H groups in total. The predicted octanol–water partition coefficient (Wildman–Crippen LogP) is 0.781. The molecule has 2 aliphatic rings. The monoisotopic (exact) mass is 172 g/mol. The predicted molar refractivity (Wildman–Crippen MR) is 47.0 cm³/mol. The minimum absolute atomic E-state index is 0.469. The molecule has 0 amide bonds. The topological polar surface area (TPSA) is 15.3 Å². The Kier molecular flexibility index (Phi) is 2.33. The van der Waals surface area contributed by atoms with Gasteiger partial charge in [-0.3, -0.25) is 0 Å². The van der Waals surface area contributed by atoms with Crippen molar-refractivity contribution in [3.63, 3.8) is 0 Å². The van der Waals surface area contributed by atoms with Crippen LogP contribution in [0.25, 0.3) is 0 Å². The first-order chi connectivity index (χ1) is 5.74. The van der Waals surface area contributed by atoms with Crippen LogP contribution in [-0.4, -0.2) is 43.3 Å². The normalized spacial score (nSPS) is 43.0. The van der Waals surface area contributed by atoms with Crippen LogP contribution in [0.1, 0.15) is 19.3 Å². The highest BCUT2D eigenvalue weighted by atomic mass is 19.1. The van der Waals surface area contributed by atoms with E-state index in [1.807, 2.05) is 0 Å². The molecule has 1 heterocycles. The number of nitrogens with zero attached hydrogens (tertiary/aromatic N) is 1. The third-order valence-electron chi connectivity index (χ3n) is 2.94. The Morgan fingerprint density at radius 2 is 2.08 bits per heavy atom. The van der Waals surface area contributed by atoms with Crippen molar-refractivity contribution in [1.82, 2.24) is 10.2 Å². The molecular formula is C9H17FN2. The van der Waals surface area contributed by atoms with Gasteiger partial charge in [-0.05, 0) is 32.9 Å². The van der Waals surface area contributed by atoms with Crippen LogP contribution >= 0.6 is 0 Å². The quantitative estimate of drug-likeness (QED) is 0.662. The molecule has 1 saturated heterocycles. The van der Waals surface area contributed by atoms with Crippen LogP contribution in [0.2, 0.25) is 0 Å². The average Bonchev–Trinajstić information content (AvgIpc) is 2.33. The van der Waals surface area contributed by atoms with E-state index in [0.29, 0.717) is 12.1 Å². The van der Waals surface area contributed by atoms with Gasteiger partial charge in [-0.15, -0.1) is 0 Å². The molecule has 2 rings (SSSR count). The number of likely N-dealkylation sites (tertiary alicyclic amines) is 1. The van der Waals surface area contributed by atoms with Gasteiger partial charge >= 0.3 is 0 Å². The van der Waals surface area contributed by atoms with Crippen LogP contribution in [0.15, 0.2) is 0 Å². The summed E-state index contributed by atoms with van der Waals surface area (Å²) in [5, 5.41) is 3.49. The SMILES string of the molecule is CN1CC[C@H](N[C@H]2C[C@H](F)C2)C1. The van der Waals surface area contributed by atoms with Crippen molar-refractivity contribution in [2.75, 3.05) is 20.1 Å². The number of alkyl halides is 1. The van der Waals surface area contributed by atoms with Crippen molar-refractivity contribution < 1.29 is 4.39 Å². The van der Waals surface area contributed by atoms with E-state index in [9.17, 15) is 4.39 Å². The summed E-state index contributed by atoms with van der Waals surface area (Å²) >= 11 is 0. The third-order valence-corrected chi connectivity index (χ3v) is 2.94. The lowest BCUT2D eigenvalue weighted by Crippen LogP contribution is -2.47. The maximum atomic E-state index is 12.5. The maximum Gasteiger partial charge on any atom is 0.103 e. The van der Waals surface area contributed by atoms with E-state index in [4.69, 9.17) is 0 Å². The van der Waals surface area contributed by atoms with Gasteiger partial charge in [0.05, 0.1) is 0 Å². The van der Waals surface area contributed by atoms with E-state index in [0.717, 1.165) is 19.4 Å². The molecule has 2 fully saturated rings. The van der Waals surface area contributed by atoms with Gasteiger partial charge in [-0.1, -0.05) is 0 Å². The van der Waals surface area contributed by atoms with Crippen molar-refractivity contribution in [3.05, 3.63) is 0 Å². The number of rotatable bonds is 2. The van der Waals surface area contributed by atoms with E-state index in [2.05, 4.69) is 17.3 Å². The number of halogens is 1. The van der Waals surface area contributed by atoms with Gasteiger partial charge in [0.1, 0.15) is 6.17 Å². The highest BCUT2D eigenvalue weighted by molar-refractivity contribution is 4.90. The molecule has 0 aromatic rings. The molecule has 0 radical (unpaired) electrons. The lowest BCUT2D eigenvalue weighted by molar-refractivity contribution is 0.146. The number of hydrogen-bond acceptors (Lipinski definition) is 2. The largest absolute Gasteiger partial charge is 0.310 e. The molecule has 0 aromatic heterocycles. The molecular weight excluding hydrogens is 155 g/mol.